The van der Waals surface area contributed by atoms with Gasteiger partial charge in [-0.1, -0.05) is 12.1 Å². The summed E-state index contributed by atoms with van der Waals surface area (Å²) in [5.41, 5.74) is -0.110. The van der Waals surface area contributed by atoms with E-state index in [0.29, 0.717) is 26.0 Å². The Balaban J connectivity index is 1.41. The molecule has 0 aliphatic carbocycles. The Kier molecular flexibility index (Phi) is 5.48. The van der Waals surface area contributed by atoms with Gasteiger partial charge in [0.2, 0.25) is 5.91 Å². The number of amides is 1. The van der Waals surface area contributed by atoms with Crippen LogP contribution in [-0.2, 0) is 15.1 Å². The first-order valence-electron chi connectivity index (χ1n) is 8.67. The fourth-order valence-corrected chi connectivity index (χ4v) is 3.43. The molecule has 1 amide bonds. The van der Waals surface area contributed by atoms with E-state index in [0.717, 1.165) is 38.0 Å². The zero-order valence-electron chi connectivity index (χ0n) is 13.8. The Bertz CT molecular complexity index is 550. The van der Waals surface area contributed by atoms with Crippen LogP contribution in [0.1, 0.15) is 31.2 Å². The minimum absolute atomic E-state index is 0.0210. The molecular weight excluding hydrogens is 311 g/mol. The normalized spacial score (nSPS) is 24.0. The predicted molar refractivity (Wildman–Crippen MR) is 88.0 cm³/mol. The van der Waals surface area contributed by atoms with E-state index < -0.39 is 5.60 Å². The Morgan fingerprint density at radius 2 is 2.04 bits per heavy atom. The number of rotatable bonds is 5. The van der Waals surface area contributed by atoms with Crippen molar-refractivity contribution in [3.63, 3.8) is 0 Å². The molecule has 0 aromatic heterocycles. The van der Waals surface area contributed by atoms with E-state index in [1.165, 1.54) is 12.1 Å². The molecule has 132 valence electrons. The monoisotopic (exact) mass is 336 g/mol. The summed E-state index contributed by atoms with van der Waals surface area (Å²) in [7, 11) is 0. The number of likely N-dealkylation sites (tertiary alicyclic amines) is 1. The molecule has 0 radical (unpaired) electrons. The molecule has 2 fully saturated rings. The molecule has 6 heteroatoms. The highest BCUT2D eigenvalue weighted by Gasteiger charge is 2.33. The Morgan fingerprint density at radius 1 is 1.33 bits per heavy atom. The summed E-state index contributed by atoms with van der Waals surface area (Å²) in [5.74, 6) is -0.311. The first-order valence-corrected chi connectivity index (χ1v) is 8.67. The van der Waals surface area contributed by atoms with Gasteiger partial charge in [-0.3, -0.25) is 4.79 Å². The minimum Gasteiger partial charge on any atom is -0.385 e. The standard InChI is InChI=1S/C18H25FN2O3/c19-15-5-3-14(4-6-15)18(23)7-10-21(11-8-18)12-9-20-17(22)16-2-1-13-24-16/h3-6,16,23H,1-2,7-13H2,(H,20,22)/t16-/m1/s1. The number of piperidine rings is 1. The van der Waals surface area contributed by atoms with Gasteiger partial charge >= 0.3 is 0 Å². The molecule has 1 atom stereocenters. The molecule has 0 saturated carbocycles. The molecule has 5 nitrogen and oxygen atoms in total. The molecular formula is C18H25FN2O3. The molecule has 0 spiro atoms. The lowest BCUT2D eigenvalue weighted by molar-refractivity contribution is -0.130. The fraction of sp³-hybridized carbons (Fsp3) is 0.611. The highest BCUT2D eigenvalue weighted by molar-refractivity contribution is 5.80. The number of nitrogens with zero attached hydrogens (tertiary/aromatic N) is 1. The van der Waals surface area contributed by atoms with Crippen LogP contribution in [0.5, 0.6) is 0 Å². The van der Waals surface area contributed by atoms with Crippen LogP contribution in [0.15, 0.2) is 24.3 Å². The third-order valence-corrected chi connectivity index (χ3v) is 5.01. The van der Waals surface area contributed by atoms with E-state index in [1.54, 1.807) is 12.1 Å². The lowest BCUT2D eigenvalue weighted by atomic mass is 9.84. The molecule has 24 heavy (non-hydrogen) atoms. The topological polar surface area (TPSA) is 61.8 Å². The maximum absolute atomic E-state index is 13.0. The van der Waals surface area contributed by atoms with Gasteiger partial charge in [-0.25, -0.2) is 4.39 Å². The smallest absolute Gasteiger partial charge is 0.249 e. The van der Waals surface area contributed by atoms with Crippen LogP contribution in [0, 0.1) is 5.82 Å². The first-order chi connectivity index (χ1) is 11.6. The van der Waals surface area contributed by atoms with Crippen molar-refractivity contribution in [3.8, 4) is 0 Å². The summed E-state index contributed by atoms with van der Waals surface area (Å²) in [5, 5.41) is 13.7. The quantitative estimate of drug-likeness (QED) is 0.853. The second-order valence-corrected chi connectivity index (χ2v) is 6.67. The molecule has 0 bridgehead atoms. The Morgan fingerprint density at radius 3 is 2.67 bits per heavy atom. The highest BCUT2D eigenvalue weighted by Crippen LogP contribution is 2.32. The SMILES string of the molecule is O=C(NCCN1CCC(O)(c2ccc(F)cc2)CC1)[C@H]1CCCO1. The van der Waals surface area contributed by atoms with Gasteiger partial charge in [0.1, 0.15) is 11.9 Å². The van der Waals surface area contributed by atoms with Crippen LogP contribution in [0.2, 0.25) is 0 Å². The number of hydrogen-bond donors (Lipinski definition) is 2. The molecule has 2 aliphatic rings. The zero-order chi connectivity index (χ0) is 17.0. The number of hydrogen-bond acceptors (Lipinski definition) is 4. The fourth-order valence-electron chi connectivity index (χ4n) is 3.43. The summed E-state index contributed by atoms with van der Waals surface area (Å²) in [6, 6.07) is 6.10. The van der Waals surface area contributed by atoms with Crippen molar-refractivity contribution in [3.05, 3.63) is 35.6 Å². The number of ether oxygens (including phenoxy) is 1. The van der Waals surface area contributed by atoms with Crippen LogP contribution in [-0.4, -0.2) is 54.8 Å². The molecule has 1 aromatic rings. The summed E-state index contributed by atoms with van der Waals surface area (Å²) in [6.07, 6.45) is 2.69. The first kappa shape index (κ1) is 17.3. The maximum Gasteiger partial charge on any atom is 0.249 e. The van der Waals surface area contributed by atoms with Crippen molar-refractivity contribution in [2.24, 2.45) is 0 Å². The largest absolute Gasteiger partial charge is 0.385 e. The second kappa shape index (κ2) is 7.59. The van der Waals surface area contributed by atoms with E-state index in [-0.39, 0.29) is 17.8 Å². The third kappa shape index (κ3) is 4.12. The molecule has 1 aromatic carbocycles. The van der Waals surface area contributed by atoms with Crippen LogP contribution in [0.3, 0.4) is 0 Å². The van der Waals surface area contributed by atoms with Gasteiger partial charge in [0.15, 0.2) is 0 Å². The number of nitrogens with one attached hydrogen (secondary N) is 1. The lowest BCUT2D eigenvalue weighted by Crippen LogP contribution is -2.46. The van der Waals surface area contributed by atoms with Gasteiger partial charge in [-0.2, -0.15) is 0 Å². The molecule has 3 rings (SSSR count). The van der Waals surface area contributed by atoms with Crippen LogP contribution >= 0.6 is 0 Å². The van der Waals surface area contributed by atoms with Crippen molar-refractivity contribution in [2.75, 3.05) is 32.8 Å². The summed E-state index contributed by atoms with van der Waals surface area (Å²) in [4.78, 5) is 14.1. The maximum atomic E-state index is 13.0. The van der Waals surface area contributed by atoms with Crippen LogP contribution in [0.4, 0.5) is 4.39 Å². The number of carbonyl (C=O) groups excluding carboxylic acids is 1. The van der Waals surface area contributed by atoms with Gasteiger partial charge < -0.3 is 20.1 Å². The minimum atomic E-state index is -0.884. The third-order valence-electron chi connectivity index (χ3n) is 5.01. The summed E-state index contributed by atoms with van der Waals surface area (Å²) >= 11 is 0. The molecule has 2 heterocycles. The van der Waals surface area contributed by atoms with Gasteiger partial charge in [0, 0.05) is 32.8 Å². The number of aliphatic hydroxyl groups is 1. The molecule has 2 saturated heterocycles. The second-order valence-electron chi connectivity index (χ2n) is 6.67. The van der Waals surface area contributed by atoms with Gasteiger partial charge in [-0.15, -0.1) is 0 Å². The predicted octanol–water partition coefficient (Wildman–Crippen LogP) is 1.40. The average Bonchev–Trinajstić information content (AvgIpc) is 3.12. The summed E-state index contributed by atoms with van der Waals surface area (Å²) < 4.78 is 18.4. The van der Waals surface area contributed by atoms with E-state index in [4.69, 9.17) is 4.74 Å². The van der Waals surface area contributed by atoms with Crippen molar-refractivity contribution >= 4 is 5.91 Å². The number of halogens is 1. The average molecular weight is 336 g/mol. The number of benzene rings is 1. The zero-order valence-corrected chi connectivity index (χ0v) is 13.8. The van der Waals surface area contributed by atoms with Crippen molar-refractivity contribution in [1.82, 2.24) is 10.2 Å². The van der Waals surface area contributed by atoms with E-state index in [9.17, 15) is 14.3 Å². The van der Waals surface area contributed by atoms with E-state index in [1.807, 2.05) is 0 Å². The summed E-state index contributed by atoms with van der Waals surface area (Å²) in [6.45, 7) is 3.53. The van der Waals surface area contributed by atoms with Crippen LogP contribution < -0.4 is 5.32 Å². The highest BCUT2D eigenvalue weighted by atomic mass is 19.1. The van der Waals surface area contributed by atoms with Crippen molar-refractivity contribution in [2.45, 2.75) is 37.4 Å². The molecule has 2 aliphatic heterocycles. The van der Waals surface area contributed by atoms with E-state index >= 15 is 0 Å². The lowest BCUT2D eigenvalue weighted by Gasteiger charge is -2.38. The van der Waals surface area contributed by atoms with Gasteiger partial charge in [-0.05, 0) is 43.4 Å². The Labute approximate surface area is 141 Å². The molecule has 0 unspecified atom stereocenters. The number of carbonyl (C=O) groups is 1. The Hall–Kier alpha value is -1.50. The van der Waals surface area contributed by atoms with Crippen molar-refractivity contribution < 1.29 is 19.0 Å². The van der Waals surface area contributed by atoms with Crippen molar-refractivity contribution in [1.29, 1.82) is 0 Å². The van der Waals surface area contributed by atoms with Gasteiger partial charge in [0.25, 0.3) is 0 Å². The van der Waals surface area contributed by atoms with E-state index in [2.05, 4.69) is 10.2 Å². The molecule has 2 N–H and O–H groups in total. The van der Waals surface area contributed by atoms with Crippen LogP contribution in [0.25, 0.3) is 0 Å². The van der Waals surface area contributed by atoms with Gasteiger partial charge in [0.05, 0.1) is 5.60 Å².